The van der Waals surface area contributed by atoms with Gasteiger partial charge in [0.05, 0.1) is 11.8 Å². The molecule has 3 rings (SSSR count). The summed E-state index contributed by atoms with van der Waals surface area (Å²) in [6, 6.07) is 0.307. The van der Waals surface area contributed by atoms with Crippen molar-refractivity contribution in [2.75, 3.05) is 13.1 Å². The van der Waals surface area contributed by atoms with Crippen LogP contribution in [0.1, 0.15) is 45.4 Å². The second kappa shape index (κ2) is 6.36. The first-order valence-electron chi connectivity index (χ1n) is 8.46. The molecular weight excluding hydrogens is 282 g/mol. The second-order valence-corrected chi connectivity index (χ2v) is 6.82. The fraction of sp³-hybridized carbons (Fsp3) is 0.812. The summed E-state index contributed by atoms with van der Waals surface area (Å²) in [7, 11) is 0. The van der Waals surface area contributed by atoms with Crippen molar-refractivity contribution in [3.63, 3.8) is 0 Å². The topological polar surface area (TPSA) is 78.5 Å². The first-order chi connectivity index (χ1) is 10.6. The maximum absolute atomic E-state index is 12.4. The molecule has 2 aliphatic heterocycles. The molecule has 1 aliphatic carbocycles. The molecule has 6 nitrogen and oxygen atoms in total. The normalized spacial score (nSPS) is 35.4. The minimum absolute atomic E-state index is 0.0799. The van der Waals surface area contributed by atoms with E-state index in [1.807, 2.05) is 6.92 Å². The highest BCUT2D eigenvalue weighted by molar-refractivity contribution is 6.07. The highest BCUT2D eigenvalue weighted by Crippen LogP contribution is 2.37. The maximum Gasteiger partial charge on any atom is 0.240 e. The molecule has 2 saturated heterocycles. The summed E-state index contributed by atoms with van der Waals surface area (Å²) in [6.07, 6.45) is 5.55. The van der Waals surface area contributed by atoms with Crippen molar-refractivity contribution in [1.82, 2.24) is 15.5 Å². The number of hydrogen-bond acceptors (Lipinski definition) is 4. The summed E-state index contributed by atoms with van der Waals surface area (Å²) in [5.74, 6) is -0.853. The van der Waals surface area contributed by atoms with Crippen molar-refractivity contribution < 1.29 is 14.4 Å². The molecule has 0 bridgehead atoms. The minimum Gasteiger partial charge on any atom is -0.350 e. The number of carbonyl (C=O) groups excluding carboxylic acids is 3. The summed E-state index contributed by atoms with van der Waals surface area (Å²) >= 11 is 0. The number of hydrogen-bond donors (Lipinski definition) is 2. The van der Waals surface area contributed by atoms with Crippen molar-refractivity contribution in [3.05, 3.63) is 0 Å². The fourth-order valence-electron chi connectivity index (χ4n) is 4.02. The Morgan fingerprint density at radius 2 is 1.77 bits per heavy atom. The summed E-state index contributed by atoms with van der Waals surface area (Å²) in [5.41, 5.74) is 0. The van der Waals surface area contributed by atoms with Crippen LogP contribution in [0.3, 0.4) is 0 Å². The smallest absolute Gasteiger partial charge is 0.240 e. The Morgan fingerprint density at radius 1 is 1.14 bits per heavy atom. The number of nitrogens with one attached hydrogen (secondary N) is 2. The standard InChI is InChI=1S/C16H25N3O3/c1-10-13(7-4-8-17-10)18-14(20)9-19-15(21)11-5-2-3-6-12(11)16(19)22/h10-13,17H,2-9H2,1H3,(H,18,20). The molecule has 0 aromatic carbocycles. The molecule has 3 aliphatic rings. The molecule has 0 aromatic rings. The Bertz CT molecular complexity index is 455. The van der Waals surface area contributed by atoms with Gasteiger partial charge in [0.1, 0.15) is 6.54 Å². The maximum atomic E-state index is 12.4. The van der Waals surface area contributed by atoms with E-state index in [-0.39, 0.29) is 48.2 Å². The van der Waals surface area contributed by atoms with E-state index >= 15 is 0 Å². The average Bonchev–Trinajstić information content (AvgIpc) is 2.75. The molecule has 1 saturated carbocycles. The number of fused-ring (bicyclic) bond motifs is 1. The molecule has 4 unspecified atom stereocenters. The van der Waals surface area contributed by atoms with Gasteiger partial charge in [-0.05, 0) is 39.2 Å². The number of likely N-dealkylation sites (tertiary alicyclic amines) is 1. The van der Waals surface area contributed by atoms with Crippen LogP contribution >= 0.6 is 0 Å². The van der Waals surface area contributed by atoms with Crippen LogP contribution in [0.4, 0.5) is 0 Å². The van der Waals surface area contributed by atoms with Crippen molar-refractivity contribution in [2.45, 2.75) is 57.5 Å². The zero-order valence-corrected chi connectivity index (χ0v) is 13.1. The summed E-state index contributed by atoms with van der Waals surface area (Å²) < 4.78 is 0. The zero-order chi connectivity index (χ0) is 15.7. The highest BCUT2D eigenvalue weighted by Gasteiger charge is 2.48. The Balaban J connectivity index is 1.59. The van der Waals surface area contributed by atoms with Gasteiger partial charge < -0.3 is 10.6 Å². The van der Waals surface area contributed by atoms with Gasteiger partial charge in [-0.1, -0.05) is 12.8 Å². The lowest BCUT2D eigenvalue weighted by Gasteiger charge is -2.31. The minimum atomic E-state index is -0.221. The largest absolute Gasteiger partial charge is 0.350 e. The van der Waals surface area contributed by atoms with Crippen LogP contribution in [0.2, 0.25) is 0 Å². The van der Waals surface area contributed by atoms with Crippen molar-refractivity contribution >= 4 is 17.7 Å². The van der Waals surface area contributed by atoms with E-state index in [2.05, 4.69) is 10.6 Å². The fourth-order valence-corrected chi connectivity index (χ4v) is 4.02. The van der Waals surface area contributed by atoms with E-state index in [0.29, 0.717) is 0 Å². The van der Waals surface area contributed by atoms with Crippen LogP contribution in [-0.4, -0.2) is 47.8 Å². The van der Waals surface area contributed by atoms with Gasteiger partial charge in [0.15, 0.2) is 0 Å². The highest BCUT2D eigenvalue weighted by atomic mass is 16.2. The van der Waals surface area contributed by atoms with Gasteiger partial charge in [-0.2, -0.15) is 0 Å². The third-order valence-electron chi connectivity index (χ3n) is 5.34. The molecule has 0 aromatic heterocycles. The molecule has 122 valence electrons. The van der Waals surface area contributed by atoms with Crippen molar-refractivity contribution in [3.8, 4) is 0 Å². The monoisotopic (exact) mass is 307 g/mol. The average molecular weight is 307 g/mol. The van der Waals surface area contributed by atoms with E-state index in [0.717, 1.165) is 45.1 Å². The molecule has 0 spiro atoms. The number of nitrogens with zero attached hydrogens (tertiary/aromatic N) is 1. The van der Waals surface area contributed by atoms with Crippen molar-refractivity contribution in [1.29, 1.82) is 0 Å². The van der Waals surface area contributed by atoms with E-state index in [4.69, 9.17) is 0 Å². The Kier molecular flexibility index (Phi) is 4.47. The predicted molar refractivity (Wildman–Crippen MR) is 80.8 cm³/mol. The summed E-state index contributed by atoms with van der Waals surface area (Å²) in [4.78, 5) is 38.1. The SMILES string of the molecule is CC1NCCCC1NC(=O)CN1C(=O)C2CCCCC2C1=O. The van der Waals surface area contributed by atoms with Crippen molar-refractivity contribution in [2.24, 2.45) is 11.8 Å². The van der Waals surface area contributed by atoms with Gasteiger partial charge in [0.2, 0.25) is 17.7 Å². The van der Waals surface area contributed by atoms with Crippen LogP contribution in [0.25, 0.3) is 0 Å². The van der Waals surface area contributed by atoms with Gasteiger partial charge in [0.25, 0.3) is 0 Å². The molecule has 6 heteroatoms. The lowest BCUT2D eigenvalue weighted by Crippen LogP contribution is -2.54. The Hall–Kier alpha value is -1.43. The van der Waals surface area contributed by atoms with Gasteiger partial charge in [-0.15, -0.1) is 0 Å². The molecule has 2 heterocycles. The van der Waals surface area contributed by atoms with Gasteiger partial charge >= 0.3 is 0 Å². The first kappa shape index (κ1) is 15.5. The quantitative estimate of drug-likeness (QED) is 0.741. The van der Waals surface area contributed by atoms with Crippen LogP contribution in [-0.2, 0) is 14.4 Å². The number of carbonyl (C=O) groups is 3. The van der Waals surface area contributed by atoms with Crippen LogP contribution in [0, 0.1) is 11.8 Å². The van der Waals surface area contributed by atoms with E-state index < -0.39 is 0 Å². The molecule has 2 N–H and O–H groups in total. The summed E-state index contributed by atoms with van der Waals surface area (Å²) in [6.45, 7) is 2.90. The Morgan fingerprint density at radius 3 is 2.36 bits per heavy atom. The molecule has 4 atom stereocenters. The molecule has 3 amide bonds. The number of piperidine rings is 1. The number of amides is 3. The predicted octanol–water partition coefficient (Wildman–Crippen LogP) is 0.418. The van der Waals surface area contributed by atoms with E-state index in [1.54, 1.807) is 0 Å². The first-order valence-corrected chi connectivity index (χ1v) is 8.46. The van der Waals surface area contributed by atoms with E-state index in [1.165, 1.54) is 4.90 Å². The molecular formula is C16H25N3O3. The van der Waals surface area contributed by atoms with Crippen LogP contribution in [0.15, 0.2) is 0 Å². The molecule has 0 radical (unpaired) electrons. The van der Waals surface area contributed by atoms with Gasteiger partial charge in [-0.3, -0.25) is 19.3 Å². The van der Waals surface area contributed by atoms with Gasteiger partial charge in [0, 0.05) is 12.1 Å². The third kappa shape index (κ3) is 2.89. The van der Waals surface area contributed by atoms with E-state index in [9.17, 15) is 14.4 Å². The number of rotatable bonds is 3. The third-order valence-corrected chi connectivity index (χ3v) is 5.34. The second-order valence-electron chi connectivity index (χ2n) is 6.82. The lowest BCUT2D eigenvalue weighted by molar-refractivity contribution is -0.143. The van der Waals surface area contributed by atoms with Gasteiger partial charge in [-0.25, -0.2) is 0 Å². The zero-order valence-electron chi connectivity index (χ0n) is 13.1. The van der Waals surface area contributed by atoms with Crippen LogP contribution in [0.5, 0.6) is 0 Å². The Labute approximate surface area is 131 Å². The molecule has 3 fully saturated rings. The van der Waals surface area contributed by atoms with Crippen LogP contribution < -0.4 is 10.6 Å². The number of imide groups is 1. The lowest BCUT2D eigenvalue weighted by atomic mass is 9.81. The summed E-state index contributed by atoms with van der Waals surface area (Å²) in [5, 5.41) is 6.30. The molecule has 22 heavy (non-hydrogen) atoms.